The second-order valence-corrected chi connectivity index (χ2v) is 7.50. The number of hydrogen-bond donors (Lipinski definition) is 2. The van der Waals surface area contributed by atoms with Gasteiger partial charge in [-0.1, -0.05) is 12.8 Å². The standard InChI is InChI=1S/C16H22N2O2S2/c1-20-15(19)13-11-8-4-5-9-12(11)22-14(13)18-16(21)17-10-6-2-3-7-10/h10H,2-9H2,1H3,(H2,17,18,21). The Bertz CT molecular complexity index is 577. The van der Waals surface area contributed by atoms with Crippen molar-refractivity contribution in [2.75, 3.05) is 12.4 Å². The van der Waals surface area contributed by atoms with Crippen molar-refractivity contribution in [2.45, 2.75) is 57.4 Å². The molecule has 0 saturated heterocycles. The molecule has 0 aliphatic heterocycles. The van der Waals surface area contributed by atoms with Crippen LogP contribution in [0.3, 0.4) is 0 Å². The van der Waals surface area contributed by atoms with Crippen LogP contribution in [0.4, 0.5) is 5.00 Å². The molecule has 2 aliphatic carbocycles. The predicted molar refractivity (Wildman–Crippen MR) is 93.9 cm³/mol. The number of fused-ring (bicyclic) bond motifs is 1. The highest BCUT2D eigenvalue weighted by atomic mass is 32.1. The minimum absolute atomic E-state index is 0.259. The number of ether oxygens (including phenoxy) is 1. The highest BCUT2D eigenvalue weighted by Gasteiger charge is 2.26. The maximum absolute atomic E-state index is 12.2. The molecule has 6 heteroatoms. The zero-order valence-electron chi connectivity index (χ0n) is 12.9. The minimum atomic E-state index is -0.259. The summed E-state index contributed by atoms with van der Waals surface area (Å²) >= 11 is 7.08. The van der Waals surface area contributed by atoms with Gasteiger partial charge in [0.1, 0.15) is 5.00 Å². The first-order valence-corrected chi connectivity index (χ1v) is 9.22. The molecular weight excluding hydrogens is 316 g/mol. The number of esters is 1. The topological polar surface area (TPSA) is 50.4 Å². The van der Waals surface area contributed by atoms with Gasteiger partial charge in [-0.05, 0) is 56.3 Å². The van der Waals surface area contributed by atoms with Gasteiger partial charge in [0.15, 0.2) is 5.11 Å². The molecule has 0 aromatic carbocycles. The molecule has 0 amide bonds. The summed E-state index contributed by atoms with van der Waals surface area (Å²) in [5.74, 6) is -0.259. The molecule has 1 heterocycles. The van der Waals surface area contributed by atoms with Crippen LogP contribution in [0.1, 0.15) is 59.3 Å². The third-order valence-electron chi connectivity index (χ3n) is 4.48. The Morgan fingerprint density at radius 3 is 2.68 bits per heavy atom. The van der Waals surface area contributed by atoms with E-state index < -0.39 is 0 Å². The molecule has 1 aromatic heterocycles. The average Bonchev–Trinajstić information content (AvgIpc) is 3.13. The number of carbonyl (C=O) groups excluding carboxylic acids is 1. The largest absolute Gasteiger partial charge is 0.465 e. The number of carbonyl (C=O) groups is 1. The first-order chi connectivity index (χ1) is 10.7. The van der Waals surface area contributed by atoms with Crippen LogP contribution < -0.4 is 10.6 Å². The molecule has 120 valence electrons. The number of thiocarbonyl (C=S) groups is 1. The second-order valence-electron chi connectivity index (χ2n) is 5.99. The molecule has 1 fully saturated rings. The van der Waals surface area contributed by atoms with Crippen molar-refractivity contribution in [1.29, 1.82) is 0 Å². The Hall–Kier alpha value is -1.14. The zero-order chi connectivity index (χ0) is 15.5. The van der Waals surface area contributed by atoms with E-state index in [1.165, 1.54) is 44.1 Å². The molecule has 2 aliphatic rings. The van der Waals surface area contributed by atoms with Gasteiger partial charge in [0.25, 0.3) is 0 Å². The van der Waals surface area contributed by atoms with E-state index in [-0.39, 0.29) is 5.97 Å². The third-order valence-corrected chi connectivity index (χ3v) is 5.91. The van der Waals surface area contributed by atoms with Crippen molar-refractivity contribution in [3.63, 3.8) is 0 Å². The Labute approximate surface area is 140 Å². The van der Waals surface area contributed by atoms with Crippen LogP contribution in [0.5, 0.6) is 0 Å². The monoisotopic (exact) mass is 338 g/mol. The molecule has 1 aromatic rings. The fourth-order valence-corrected chi connectivity index (χ4v) is 4.98. The first kappa shape index (κ1) is 15.7. The van der Waals surface area contributed by atoms with Gasteiger partial charge in [-0.3, -0.25) is 0 Å². The summed E-state index contributed by atoms with van der Waals surface area (Å²) in [4.78, 5) is 13.5. The van der Waals surface area contributed by atoms with E-state index in [0.29, 0.717) is 16.7 Å². The molecule has 0 radical (unpaired) electrons. The van der Waals surface area contributed by atoms with E-state index >= 15 is 0 Å². The van der Waals surface area contributed by atoms with Crippen molar-refractivity contribution < 1.29 is 9.53 Å². The van der Waals surface area contributed by atoms with Crippen LogP contribution in [0.15, 0.2) is 0 Å². The van der Waals surface area contributed by atoms with Crippen molar-refractivity contribution in [2.24, 2.45) is 0 Å². The van der Waals surface area contributed by atoms with Crippen molar-refractivity contribution in [3.8, 4) is 0 Å². The van der Waals surface area contributed by atoms with Gasteiger partial charge < -0.3 is 15.4 Å². The van der Waals surface area contributed by atoms with E-state index in [1.807, 2.05) is 0 Å². The van der Waals surface area contributed by atoms with Gasteiger partial charge in [-0.2, -0.15) is 0 Å². The number of aryl methyl sites for hydroxylation is 1. The number of thiophene rings is 1. The fourth-order valence-electron chi connectivity index (χ4n) is 3.37. The molecule has 1 saturated carbocycles. The first-order valence-electron chi connectivity index (χ1n) is 7.99. The number of hydrogen-bond acceptors (Lipinski definition) is 4. The van der Waals surface area contributed by atoms with Crippen LogP contribution in [-0.4, -0.2) is 24.2 Å². The Balaban J connectivity index is 1.78. The smallest absolute Gasteiger partial charge is 0.341 e. The predicted octanol–water partition coefficient (Wildman–Crippen LogP) is 3.64. The summed E-state index contributed by atoms with van der Waals surface area (Å²) in [7, 11) is 1.44. The number of nitrogens with one attached hydrogen (secondary N) is 2. The summed E-state index contributed by atoms with van der Waals surface area (Å²) in [6.07, 6.45) is 9.22. The lowest BCUT2D eigenvalue weighted by molar-refractivity contribution is 0.0601. The lowest BCUT2D eigenvalue weighted by atomic mass is 9.95. The van der Waals surface area contributed by atoms with E-state index in [9.17, 15) is 4.79 Å². The van der Waals surface area contributed by atoms with Crippen molar-refractivity contribution in [1.82, 2.24) is 5.32 Å². The van der Waals surface area contributed by atoms with Gasteiger partial charge in [-0.15, -0.1) is 11.3 Å². The highest BCUT2D eigenvalue weighted by Crippen LogP contribution is 2.38. The van der Waals surface area contributed by atoms with E-state index in [4.69, 9.17) is 17.0 Å². The zero-order valence-corrected chi connectivity index (χ0v) is 14.5. The quantitative estimate of drug-likeness (QED) is 0.651. The molecule has 3 rings (SSSR count). The average molecular weight is 338 g/mol. The second kappa shape index (κ2) is 6.96. The van der Waals surface area contributed by atoms with Crippen LogP contribution in [0, 0.1) is 0 Å². The van der Waals surface area contributed by atoms with Gasteiger partial charge >= 0.3 is 5.97 Å². The van der Waals surface area contributed by atoms with Gasteiger partial charge in [0.05, 0.1) is 12.7 Å². The number of anilines is 1. The van der Waals surface area contributed by atoms with E-state index in [0.717, 1.165) is 29.8 Å². The van der Waals surface area contributed by atoms with Crippen LogP contribution in [-0.2, 0) is 17.6 Å². The molecule has 0 atom stereocenters. The maximum atomic E-state index is 12.2. The van der Waals surface area contributed by atoms with E-state index in [2.05, 4.69) is 10.6 Å². The van der Waals surface area contributed by atoms with Crippen LogP contribution in [0.25, 0.3) is 0 Å². The third kappa shape index (κ3) is 3.27. The maximum Gasteiger partial charge on any atom is 0.341 e. The molecular formula is C16H22N2O2S2. The molecule has 2 N–H and O–H groups in total. The molecule has 0 bridgehead atoms. The molecule has 4 nitrogen and oxygen atoms in total. The number of methoxy groups -OCH3 is 1. The summed E-state index contributed by atoms with van der Waals surface area (Å²) < 4.78 is 4.98. The molecule has 22 heavy (non-hydrogen) atoms. The summed E-state index contributed by atoms with van der Waals surface area (Å²) in [5, 5.41) is 8.08. The molecule has 0 unspecified atom stereocenters. The highest BCUT2D eigenvalue weighted by molar-refractivity contribution is 7.80. The lowest BCUT2D eigenvalue weighted by Gasteiger charge is -2.15. The summed E-state index contributed by atoms with van der Waals surface area (Å²) in [6.45, 7) is 0. The van der Waals surface area contributed by atoms with Gasteiger partial charge in [0.2, 0.25) is 0 Å². The van der Waals surface area contributed by atoms with Gasteiger partial charge in [0, 0.05) is 10.9 Å². The normalized spacial score (nSPS) is 17.9. The minimum Gasteiger partial charge on any atom is -0.465 e. The fraction of sp³-hybridized carbons (Fsp3) is 0.625. The summed E-state index contributed by atoms with van der Waals surface area (Å²) in [5.41, 5.74) is 1.85. The summed E-state index contributed by atoms with van der Waals surface area (Å²) in [6, 6.07) is 0.469. The van der Waals surface area contributed by atoms with Crippen LogP contribution in [0.2, 0.25) is 0 Å². The van der Waals surface area contributed by atoms with Gasteiger partial charge in [-0.25, -0.2) is 4.79 Å². The lowest BCUT2D eigenvalue weighted by Crippen LogP contribution is -2.36. The SMILES string of the molecule is COC(=O)c1c(NC(=S)NC2CCCC2)sc2c1CCCC2. The van der Waals surface area contributed by atoms with Crippen molar-refractivity contribution in [3.05, 3.63) is 16.0 Å². The van der Waals surface area contributed by atoms with E-state index in [1.54, 1.807) is 11.3 Å². The Kier molecular flexibility index (Phi) is 4.98. The van der Waals surface area contributed by atoms with Crippen LogP contribution >= 0.6 is 23.6 Å². The number of rotatable bonds is 3. The Morgan fingerprint density at radius 1 is 1.23 bits per heavy atom. The Morgan fingerprint density at radius 2 is 1.95 bits per heavy atom. The van der Waals surface area contributed by atoms with Crippen molar-refractivity contribution >= 4 is 39.6 Å². The molecule has 0 spiro atoms.